The Morgan fingerprint density at radius 2 is 2.25 bits per heavy atom. The van der Waals surface area contributed by atoms with Crippen LogP contribution < -0.4 is 5.14 Å². The van der Waals surface area contributed by atoms with E-state index < -0.39 is 10.0 Å². The second-order valence-corrected chi connectivity index (χ2v) is 4.23. The summed E-state index contributed by atoms with van der Waals surface area (Å²) in [6, 6.07) is 0. The molecule has 0 radical (unpaired) electrons. The Balaban J connectivity index is 2.69. The SMILES string of the molecule is NS(=O)(=O)c1c[nH]c2c1C=CC2. The van der Waals surface area contributed by atoms with Gasteiger partial charge in [-0.3, -0.25) is 0 Å². The third-order valence-corrected chi connectivity index (χ3v) is 2.83. The van der Waals surface area contributed by atoms with Crippen LogP contribution in [0.2, 0.25) is 0 Å². The Kier molecular flexibility index (Phi) is 1.39. The van der Waals surface area contributed by atoms with Crippen molar-refractivity contribution in [1.82, 2.24) is 4.98 Å². The lowest BCUT2D eigenvalue weighted by Crippen LogP contribution is -2.12. The molecule has 0 fully saturated rings. The van der Waals surface area contributed by atoms with E-state index in [1.165, 1.54) is 6.20 Å². The Morgan fingerprint density at radius 3 is 2.92 bits per heavy atom. The number of primary sulfonamides is 1. The molecule has 64 valence electrons. The van der Waals surface area contributed by atoms with E-state index in [-0.39, 0.29) is 4.90 Å². The zero-order valence-corrected chi connectivity index (χ0v) is 7.06. The van der Waals surface area contributed by atoms with E-state index in [2.05, 4.69) is 4.98 Å². The summed E-state index contributed by atoms with van der Waals surface area (Å²) in [5.41, 5.74) is 1.62. The Bertz CT molecular complexity index is 442. The summed E-state index contributed by atoms with van der Waals surface area (Å²) in [4.78, 5) is 3.06. The maximum absolute atomic E-state index is 11.0. The van der Waals surface area contributed by atoms with E-state index in [0.29, 0.717) is 5.56 Å². The number of hydrogen-bond acceptors (Lipinski definition) is 2. The second kappa shape index (κ2) is 2.21. The second-order valence-electron chi connectivity index (χ2n) is 2.70. The first-order valence-electron chi connectivity index (χ1n) is 3.48. The molecule has 12 heavy (non-hydrogen) atoms. The van der Waals surface area contributed by atoms with Crippen LogP contribution in [-0.2, 0) is 16.4 Å². The number of aromatic amines is 1. The first-order chi connectivity index (χ1) is 5.59. The molecule has 1 heterocycles. The van der Waals surface area contributed by atoms with Crippen molar-refractivity contribution in [3.05, 3.63) is 23.5 Å². The third-order valence-electron chi connectivity index (χ3n) is 1.88. The van der Waals surface area contributed by atoms with E-state index in [1.807, 2.05) is 6.08 Å². The molecular formula is C7H8N2O2S. The fourth-order valence-corrected chi connectivity index (χ4v) is 2.06. The summed E-state index contributed by atoms with van der Waals surface area (Å²) in [5, 5.41) is 4.99. The largest absolute Gasteiger partial charge is 0.363 e. The van der Waals surface area contributed by atoms with E-state index >= 15 is 0 Å². The zero-order valence-electron chi connectivity index (χ0n) is 6.24. The summed E-state index contributed by atoms with van der Waals surface area (Å²) in [6.45, 7) is 0. The molecule has 0 saturated carbocycles. The predicted molar refractivity (Wildman–Crippen MR) is 44.9 cm³/mol. The topological polar surface area (TPSA) is 76.0 Å². The minimum Gasteiger partial charge on any atom is -0.363 e. The monoisotopic (exact) mass is 184 g/mol. The third kappa shape index (κ3) is 0.981. The van der Waals surface area contributed by atoms with Gasteiger partial charge >= 0.3 is 0 Å². The van der Waals surface area contributed by atoms with Gasteiger partial charge in [-0.1, -0.05) is 12.2 Å². The van der Waals surface area contributed by atoms with Crippen molar-refractivity contribution >= 4 is 16.1 Å². The minimum absolute atomic E-state index is 0.186. The molecule has 5 heteroatoms. The Hall–Kier alpha value is -1.07. The molecule has 2 rings (SSSR count). The quantitative estimate of drug-likeness (QED) is 0.655. The van der Waals surface area contributed by atoms with Crippen molar-refractivity contribution < 1.29 is 8.42 Å². The van der Waals surface area contributed by atoms with Gasteiger partial charge in [0.1, 0.15) is 4.90 Å². The van der Waals surface area contributed by atoms with Crippen LogP contribution in [0.15, 0.2) is 17.2 Å². The van der Waals surface area contributed by atoms with Crippen LogP contribution in [0.1, 0.15) is 11.3 Å². The molecular weight excluding hydrogens is 176 g/mol. The molecule has 0 saturated heterocycles. The highest BCUT2D eigenvalue weighted by Crippen LogP contribution is 2.24. The molecule has 3 N–H and O–H groups in total. The molecule has 0 amide bonds. The van der Waals surface area contributed by atoms with Crippen molar-refractivity contribution in [3.8, 4) is 0 Å². The van der Waals surface area contributed by atoms with Gasteiger partial charge in [0.25, 0.3) is 0 Å². The summed E-state index contributed by atoms with van der Waals surface area (Å²) >= 11 is 0. The molecule has 0 atom stereocenters. The predicted octanol–water partition coefficient (Wildman–Crippen LogP) is 0.231. The van der Waals surface area contributed by atoms with Gasteiger partial charge in [-0.25, -0.2) is 13.6 Å². The van der Waals surface area contributed by atoms with Gasteiger partial charge in [0.15, 0.2) is 0 Å². The number of aromatic nitrogens is 1. The number of rotatable bonds is 1. The smallest absolute Gasteiger partial charge is 0.240 e. The molecule has 1 aromatic rings. The lowest BCUT2D eigenvalue weighted by Gasteiger charge is -1.93. The number of H-pyrrole nitrogens is 1. The number of nitrogens with one attached hydrogen (secondary N) is 1. The van der Waals surface area contributed by atoms with Crippen LogP contribution in [-0.4, -0.2) is 13.4 Å². The van der Waals surface area contributed by atoms with Crippen LogP contribution in [0.5, 0.6) is 0 Å². The van der Waals surface area contributed by atoms with Crippen LogP contribution >= 0.6 is 0 Å². The fraction of sp³-hybridized carbons (Fsp3) is 0.143. The van der Waals surface area contributed by atoms with Crippen LogP contribution in [0.4, 0.5) is 0 Å². The molecule has 0 aliphatic heterocycles. The van der Waals surface area contributed by atoms with Gasteiger partial charge in [0, 0.05) is 23.9 Å². The standard InChI is InChI=1S/C7H8N2O2S/c8-12(10,11)7-4-9-6-3-1-2-5(6)7/h1-2,4,9H,3H2,(H2,8,10,11). The highest BCUT2D eigenvalue weighted by atomic mass is 32.2. The van der Waals surface area contributed by atoms with Crippen molar-refractivity contribution in [1.29, 1.82) is 0 Å². The maximum Gasteiger partial charge on any atom is 0.240 e. The van der Waals surface area contributed by atoms with Gasteiger partial charge in [-0.15, -0.1) is 0 Å². The van der Waals surface area contributed by atoms with E-state index in [4.69, 9.17) is 5.14 Å². The van der Waals surface area contributed by atoms with E-state index in [0.717, 1.165) is 12.1 Å². The highest BCUT2D eigenvalue weighted by Gasteiger charge is 2.19. The van der Waals surface area contributed by atoms with Crippen molar-refractivity contribution in [2.45, 2.75) is 11.3 Å². The summed E-state index contributed by atoms with van der Waals surface area (Å²) in [7, 11) is -3.57. The zero-order chi connectivity index (χ0) is 8.77. The lowest BCUT2D eigenvalue weighted by atomic mass is 10.3. The number of allylic oxidation sites excluding steroid dienone is 1. The van der Waals surface area contributed by atoms with Gasteiger partial charge in [-0.05, 0) is 0 Å². The minimum atomic E-state index is -3.57. The summed E-state index contributed by atoms with van der Waals surface area (Å²) in [6.07, 6.45) is 5.86. The first-order valence-corrected chi connectivity index (χ1v) is 5.03. The van der Waals surface area contributed by atoms with Crippen LogP contribution in [0.25, 0.3) is 6.08 Å². The first kappa shape index (κ1) is 7.57. The number of hydrogen-bond donors (Lipinski definition) is 2. The average molecular weight is 184 g/mol. The van der Waals surface area contributed by atoms with Gasteiger partial charge in [-0.2, -0.15) is 0 Å². The van der Waals surface area contributed by atoms with Gasteiger partial charge in [0.2, 0.25) is 10.0 Å². The van der Waals surface area contributed by atoms with Crippen molar-refractivity contribution in [2.24, 2.45) is 5.14 Å². The van der Waals surface area contributed by atoms with Gasteiger partial charge < -0.3 is 4.98 Å². The Morgan fingerprint density at radius 1 is 1.50 bits per heavy atom. The molecule has 1 aromatic heterocycles. The Labute approximate surface area is 70.1 Å². The maximum atomic E-state index is 11.0. The molecule has 0 spiro atoms. The van der Waals surface area contributed by atoms with Crippen LogP contribution in [0, 0.1) is 0 Å². The van der Waals surface area contributed by atoms with E-state index in [1.54, 1.807) is 6.08 Å². The molecule has 1 aliphatic carbocycles. The summed E-state index contributed by atoms with van der Waals surface area (Å²) < 4.78 is 22.0. The normalized spacial score (nSPS) is 15.1. The molecule has 1 aliphatic rings. The summed E-state index contributed by atoms with van der Waals surface area (Å²) in [5.74, 6) is 0. The number of sulfonamides is 1. The molecule has 4 nitrogen and oxygen atoms in total. The van der Waals surface area contributed by atoms with Crippen molar-refractivity contribution in [3.63, 3.8) is 0 Å². The number of nitrogens with two attached hydrogens (primary N) is 1. The fourth-order valence-electron chi connectivity index (χ4n) is 1.34. The molecule has 0 bridgehead atoms. The highest BCUT2D eigenvalue weighted by molar-refractivity contribution is 7.89. The molecule has 0 aromatic carbocycles. The average Bonchev–Trinajstić information content (AvgIpc) is 2.37. The van der Waals surface area contributed by atoms with Gasteiger partial charge in [0.05, 0.1) is 0 Å². The van der Waals surface area contributed by atoms with Crippen LogP contribution in [0.3, 0.4) is 0 Å². The number of fused-ring (bicyclic) bond motifs is 1. The lowest BCUT2D eigenvalue weighted by molar-refractivity contribution is 0.598. The van der Waals surface area contributed by atoms with Crippen molar-refractivity contribution in [2.75, 3.05) is 0 Å². The van der Waals surface area contributed by atoms with E-state index in [9.17, 15) is 8.42 Å². The molecule has 0 unspecified atom stereocenters.